The molecule has 4 rings (SSSR count). The average Bonchev–Trinajstić information content (AvgIpc) is 3.20. The van der Waals surface area contributed by atoms with E-state index in [4.69, 9.17) is 4.74 Å². The molecule has 0 spiro atoms. The first kappa shape index (κ1) is 15.1. The van der Waals surface area contributed by atoms with Gasteiger partial charge in [-0.3, -0.25) is 9.89 Å². The summed E-state index contributed by atoms with van der Waals surface area (Å²) in [5, 5.41) is 14.8. The molecule has 25 heavy (non-hydrogen) atoms. The number of hydrogen-bond donors (Lipinski definition) is 2. The van der Waals surface area contributed by atoms with Crippen molar-refractivity contribution in [3.05, 3.63) is 48.5 Å². The molecule has 4 aromatic rings. The molecule has 126 valence electrons. The number of amides is 1. The van der Waals surface area contributed by atoms with Gasteiger partial charge in [0.1, 0.15) is 11.4 Å². The largest absolute Gasteiger partial charge is 0.490 e. The quantitative estimate of drug-likeness (QED) is 0.597. The van der Waals surface area contributed by atoms with Crippen LogP contribution in [0.1, 0.15) is 24.2 Å². The van der Waals surface area contributed by atoms with E-state index in [0.717, 1.165) is 10.9 Å². The van der Waals surface area contributed by atoms with Crippen molar-refractivity contribution < 1.29 is 9.53 Å². The molecule has 0 saturated heterocycles. The Kier molecular flexibility index (Phi) is 3.57. The van der Waals surface area contributed by atoms with Crippen molar-refractivity contribution in [3.63, 3.8) is 0 Å². The molecule has 0 atom stereocenters. The molecule has 1 aromatic carbocycles. The summed E-state index contributed by atoms with van der Waals surface area (Å²) in [6, 6.07) is 5.28. The maximum atomic E-state index is 12.8. The number of H-pyrrole nitrogens is 1. The number of ether oxygens (including phenoxy) is 1. The standard InChI is InChI=1S/C17H16N6O2/c1-10(2)25-15-7-13-11(8-19-22-13)6-12(15)17(24)21-14-9-20-23-5-3-4-18-16(14)23/h3-10H,1-2H3,(H,19,22)(H,21,24). The third-order valence-electron chi connectivity index (χ3n) is 3.67. The lowest BCUT2D eigenvalue weighted by Gasteiger charge is -2.14. The fraction of sp³-hybridized carbons (Fsp3) is 0.176. The maximum Gasteiger partial charge on any atom is 0.259 e. The SMILES string of the molecule is CC(C)Oc1cc2n[nH]cc2cc1C(=O)Nc1cnn2cccnc12. The Balaban J connectivity index is 1.73. The smallest absolute Gasteiger partial charge is 0.259 e. The molecular weight excluding hydrogens is 320 g/mol. The lowest BCUT2D eigenvalue weighted by molar-refractivity contribution is 0.102. The van der Waals surface area contributed by atoms with E-state index in [1.807, 2.05) is 13.8 Å². The second-order valence-electron chi connectivity index (χ2n) is 5.86. The minimum Gasteiger partial charge on any atom is -0.490 e. The van der Waals surface area contributed by atoms with Crippen molar-refractivity contribution >= 4 is 28.1 Å². The number of nitrogens with one attached hydrogen (secondary N) is 2. The van der Waals surface area contributed by atoms with Crippen LogP contribution in [0.3, 0.4) is 0 Å². The number of anilines is 1. The first-order valence-electron chi connectivity index (χ1n) is 7.86. The van der Waals surface area contributed by atoms with Crippen LogP contribution in [0.25, 0.3) is 16.6 Å². The van der Waals surface area contributed by atoms with Crippen LogP contribution in [0.5, 0.6) is 5.75 Å². The summed E-state index contributed by atoms with van der Waals surface area (Å²) in [5.74, 6) is 0.191. The van der Waals surface area contributed by atoms with Crippen LogP contribution in [-0.4, -0.2) is 36.8 Å². The van der Waals surface area contributed by atoms with E-state index in [0.29, 0.717) is 22.6 Å². The first-order valence-corrected chi connectivity index (χ1v) is 7.86. The third kappa shape index (κ3) is 2.78. The highest BCUT2D eigenvalue weighted by molar-refractivity contribution is 6.09. The maximum absolute atomic E-state index is 12.8. The van der Waals surface area contributed by atoms with Gasteiger partial charge in [-0.05, 0) is 26.0 Å². The Morgan fingerprint density at radius 2 is 2.24 bits per heavy atom. The van der Waals surface area contributed by atoms with E-state index in [2.05, 4.69) is 25.6 Å². The first-order chi connectivity index (χ1) is 12.1. The van der Waals surface area contributed by atoms with Crippen LogP contribution in [0.4, 0.5) is 5.69 Å². The molecule has 2 N–H and O–H groups in total. The highest BCUT2D eigenvalue weighted by Gasteiger charge is 2.18. The van der Waals surface area contributed by atoms with Crippen molar-refractivity contribution in [1.29, 1.82) is 0 Å². The van der Waals surface area contributed by atoms with Gasteiger partial charge in [0.15, 0.2) is 5.65 Å². The number of aromatic nitrogens is 5. The molecule has 0 aliphatic carbocycles. The predicted molar refractivity (Wildman–Crippen MR) is 92.8 cm³/mol. The number of carbonyl (C=O) groups is 1. The molecule has 0 fully saturated rings. The normalized spacial score (nSPS) is 11.3. The summed E-state index contributed by atoms with van der Waals surface area (Å²) < 4.78 is 7.40. The molecule has 0 saturated carbocycles. The highest BCUT2D eigenvalue weighted by Crippen LogP contribution is 2.27. The number of hydrogen-bond acceptors (Lipinski definition) is 5. The van der Waals surface area contributed by atoms with Crippen molar-refractivity contribution in [1.82, 2.24) is 24.8 Å². The molecule has 0 aliphatic heterocycles. The van der Waals surface area contributed by atoms with Gasteiger partial charge < -0.3 is 10.1 Å². The lowest BCUT2D eigenvalue weighted by atomic mass is 10.1. The van der Waals surface area contributed by atoms with Crippen LogP contribution in [-0.2, 0) is 0 Å². The summed E-state index contributed by atoms with van der Waals surface area (Å²) in [6.45, 7) is 3.82. The Morgan fingerprint density at radius 1 is 1.36 bits per heavy atom. The number of rotatable bonds is 4. The van der Waals surface area contributed by atoms with E-state index in [-0.39, 0.29) is 12.0 Å². The van der Waals surface area contributed by atoms with Crippen LogP contribution in [0, 0.1) is 0 Å². The summed E-state index contributed by atoms with van der Waals surface area (Å²) in [5.41, 5.74) is 2.28. The highest BCUT2D eigenvalue weighted by atomic mass is 16.5. The van der Waals surface area contributed by atoms with E-state index >= 15 is 0 Å². The van der Waals surface area contributed by atoms with Crippen LogP contribution < -0.4 is 10.1 Å². The van der Waals surface area contributed by atoms with Gasteiger partial charge in [0.2, 0.25) is 0 Å². The van der Waals surface area contributed by atoms with Crippen molar-refractivity contribution in [2.24, 2.45) is 0 Å². The fourth-order valence-electron chi connectivity index (χ4n) is 2.60. The Hall–Kier alpha value is -3.42. The van der Waals surface area contributed by atoms with Crippen molar-refractivity contribution in [3.8, 4) is 5.75 Å². The van der Waals surface area contributed by atoms with Gasteiger partial charge >= 0.3 is 0 Å². The molecule has 8 heteroatoms. The lowest BCUT2D eigenvalue weighted by Crippen LogP contribution is -2.16. The van der Waals surface area contributed by atoms with Crippen molar-refractivity contribution in [2.45, 2.75) is 20.0 Å². The van der Waals surface area contributed by atoms with Crippen LogP contribution in [0.2, 0.25) is 0 Å². The minimum absolute atomic E-state index is 0.0680. The number of aromatic amines is 1. The molecule has 0 radical (unpaired) electrons. The number of fused-ring (bicyclic) bond motifs is 2. The average molecular weight is 336 g/mol. The number of carbonyl (C=O) groups excluding carboxylic acids is 1. The number of nitrogens with zero attached hydrogens (tertiary/aromatic N) is 4. The molecule has 8 nitrogen and oxygen atoms in total. The van der Waals surface area contributed by atoms with Gasteiger partial charge in [-0.1, -0.05) is 0 Å². The van der Waals surface area contributed by atoms with Crippen LogP contribution >= 0.6 is 0 Å². The Morgan fingerprint density at radius 3 is 3.08 bits per heavy atom. The second-order valence-corrected chi connectivity index (χ2v) is 5.86. The number of benzene rings is 1. The van der Waals surface area contributed by atoms with Gasteiger partial charge in [0.05, 0.1) is 23.4 Å². The monoisotopic (exact) mass is 336 g/mol. The molecule has 3 heterocycles. The van der Waals surface area contributed by atoms with Crippen LogP contribution in [0.15, 0.2) is 43.0 Å². The summed E-state index contributed by atoms with van der Waals surface area (Å²) in [6.07, 6.45) is 6.66. The van der Waals surface area contributed by atoms with Gasteiger partial charge in [0, 0.05) is 30.0 Å². The third-order valence-corrected chi connectivity index (χ3v) is 3.67. The zero-order valence-corrected chi connectivity index (χ0v) is 13.7. The topological polar surface area (TPSA) is 97.2 Å². The van der Waals surface area contributed by atoms with E-state index in [1.165, 1.54) is 0 Å². The molecule has 0 bridgehead atoms. The molecule has 0 unspecified atom stereocenters. The Labute approximate surface area is 142 Å². The van der Waals surface area contributed by atoms with Gasteiger partial charge in [-0.25, -0.2) is 9.50 Å². The molecular formula is C17H16N6O2. The zero-order chi connectivity index (χ0) is 17.4. The van der Waals surface area contributed by atoms with Gasteiger partial charge in [0.25, 0.3) is 5.91 Å². The predicted octanol–water partition coefficient (Wildman–Crippen LogP) is 2.65. The van der Waals surface area contributed by atoms with Gasteiger partial charge in [-0.15, -0.1) is 0 Å². The molecule has 1 amide bonds. The molecule has 3 aromatic heterocycles. The fourth-order valence-corrected chi connectivity index (χ4v) is 2.60. The summed E-state index contributed by atoms with van der Waals surface area (Å²) in [4.78, 5) is 17.1. The minimum atomic E-state index is -0.292. The van der Waals surface area contributed by atoms with E-state index < -0.39 is 0 Å². The summed E-state index contributed by atoms with van der Waals surface area (Å²) >= 11 is 0. The van der Waals surface area contributed by atoms with E-state index in [9.17, 15) is 4.79 Å². The van der Waals surface area contributed by atoms with E-state index in [1.54, 1.807) is 47.5 Å². The van der Waals surface area contributed by atoms with Gasteiger partial charge in [-0.2, -0.15) is 10.2 Å². The summed E-state index contributed by atoms with van der Waals surface area (Å²) in [7, 11) is 0. The Bertz CT molecular complexity index is 1070. The zero-order valence-electron chi connectivity index (χ0n) is 13.7. The second kappa shape index (κ2) is 5.90. The van der Waals surface area contributed by atoms with Crippen molar-refractivity contribution in [2.75, 3.05) is 5.32 Å². The molecule has 0 aliphatic rings.